The Morgan fingerprint density at radius 3 is 2.70 bits per heavy atom. The maximum atomic E-state index is 5.35. The average Bonchev–Trinajstić information content (AvgIpc) is 2.96. The number of hydrogen-bond donors (Lipinski definition) is 1. The van der Waals surface area contributed by atoms with Gasteiger partial charge in [0.15, 0.2) is 5.16 Å². The molecule has 0 atom stereocenters. The van der Waals surface area contributed by atoms with E-state index < -0.39 is 0 Å². The zero-order valence-corrected chi connectivity index (χ0v) is 13.6. The van der Waals surface area contributed by atoms with Gasteiger partial charge in [-0.05, 0) is 43.3 Å². The number of para-hydroxylation sites is 2. The van der Waals surface area contributed by atoms with Crippen LogP contribution in [0.1, 0.15) is 5.69 Å². The first kappa shape index (κ1) is 14.1. The third-order valence-corrected chi connectivity index (χ3v) is 4.62. The molecule has 0 spiro atoms. The molecule has 2 aromatic heterocycles. The Morgan fingerprint density at radius 1 is 1.00 bits per heavy atom. The quantitative estimate of drug-likeness (QED) is 0.600. The van der Waals surface area contributed by atoms with Gasteiger partial charge in [-0.25, -0.2) is 4.98 Å². The summed E-state index contributed by atoms with van der Waals surface area (Å²) in [7, 11) is 1.68. The van der Waals surface area contributed by atoms with Crippen molar-refractivity contribution in [2.45, 2.75) is 17.0 Å². The highest BCUT2D eigenvalue weighted by atomic mass is 32.2. The van der Waals surface area contributed by atoms with Crippen molar-refractivity contribution in [2.75, 3.05) is 7.11 Å². The van der Waals surface area contributed by atoms with Crippen LogP contribution in [-0.2, 0) is 0 Å². The van der Waals surface area contributed by atoms with Gasteiger partial charge in [-0.15, -0.1) is 0 Å². The van der Waals surface area contributed by atoms with Gasteiger partial charge < -0.3 is 9.72 Å². The lowest BCUT2D eigenvalue weighted by molar-refractivity contribution is 0.415. The smallest absolute Gasteiger partial charge is 0.171 e. The van der Waals surface area contributed by atoms with E-state index in [-0.39, 0.29) is 0 Å². The number of imidazole rings is 1. The van der Waals surface area contributed by atoms with Crippen molar-refractivity contribution in [1.29, 1.82) is 0 Å². The predicted molar refractivity (Wildman–Crippen MR) is 93.2 cm³/mol. The second kappa shape index (κ2) is 5.59. The molecule has 1 N–H and O–H groups in total. The van der Waals surface area contributed by atoms with E-state index in [1.165, 1.54) is 0 Å². The molecule has 114 valence electrons. The summed E-state index contributed by atoms with van der Waals surface area (Å²) in [6, 6.07) is 16.1. The Bertz CT molecular complexity index is 977. The normalized spacial score (nSPS) is 11.2. The molecule has 0 aliphatic rings. The van der Waals surface area contributed by atoms with E-state index in [2.05, 4.69) is 21.0 Å². The van der Waals surface area contributed by atoms with Gasteiger partial charge in [-0.1, -0.05) is 23.9 Å². The summed E-state index contributed by atoms with van der Waals surface area (Å²) in [5, 5.41) is 1.95. The van der Waals surface area contributed by atoms with Crippen molar-refractivity contribution >= 4 is 33.7 Å². The fourth-order valence-electron chi connectivity index (χ4n) is 2.59. The minimum Gasteiger partial charge on any atom is -0.497 e. The fourth-order valence-corrected chi connectivity index (χ4v) is 3.61. The van der Waals surface area contributed by atoms with Gasteiger partial charge in [0.25, 0.3) is 0 Å². The largest absolute Gasteiger partial charge is 0.497 e. The Balaban J connectivity index is 1.83. The SMILES string of the molecule is COc1ccc2nc(C)cc(Sc3nc4ccccc4[nH]3)c2c1. The minimum absolute atomic E-state index is 0.828. The number of nitrogens with one attached hydrogen (secondary N) is 1. The highest BCUT2D eigenvalue weighted by Crippen LogP contribution is 2.34. The summed E-state index contributed by atoms with van der Waals surface area (Å²) in [6.07, 6.45) is 0. The second-order valence-electron chi connectivity index (χ2n) is 5.31. The maximum Gasteiger partial charge on any atom is 0.171 e. The number of aromatic amines is 1. The summed E-state index contributed by atoms with van der Waals surface area (Å²) >= 11 is 1.61. The molecule has 0 aliphatic carbocycles. The summed E-state index contributed by atoms with van der Waals surface area (Å²) < 4.78 is 5.35. The minimum atomic E-state index is 0.828. The molecular formula is C18H15N3OS. The molecule has 4 aromatic rings. The molecule has 0 radical (unpaired) electrons. The summed E-state index contributed by atoms with van der Waals surface area (Å²) in [6.45, 7) is 2.01. The van der Waals surface area contributed by atoms with Crippen LogP contribution in [0.25, 0.3) is 21.9 Å². The highest BCUT2D eigenvalue weighted by Gasteiger charge is 2.10. The molecule has 23 heavy (non-hydrogen) atoms. The number of nitrogens with zero attached hydrogens (tertiary/aromatic N) is 2. The van der Waals surface area contributed by atoms with Gasteiger partial charge in [0.2, 0.25) is 0 Å². The van der Waals surface area contributed by atoms with Crippen molar-refractivity contribution in [1.82, 2.24) is 15.0 Å². The summed E-state index contributed by atoms with van der Waals surface area (Å²) in [5.41, 5.74) is 3.97. The number of methoxy groups -OCH3 is 1. The molecule has 0 bridgehead atoms. The number of aryl methyl sites for hydroxylation is 1. The number of ether oxygens (including phenoxy) is 1. The lowest BCUT2D eigenvalue weighted by atomic mass is 10.2. The zero-order valence-electron chi connectivity index (χ0n) is 12.8. The Morgan fingerprint density at radius 2 is 1.87 bits per heavy atom. The Kier molecular flexibility index (Phi) is 3.42. The Labute approximate surface area is 137 Å². The number of hydrogen-bond acceptors (Lipinski definition) is 4. The van der Waals surface area contributed by atoms with Crippen molar-refractivity contribution in [2.24, 2.45) is 0 Å². The first-order valence-corrected chi connectivity index (χ1v) is 8.12. The second-order valence-corrected chi connectivity index (χ2v) is 6.34. The first-order chi connectivity index (χ1) is 11.2. The molecule has 0 fully saturated rings. The van der Waals surface area contributed by atoms with E-state index in [4.69, 9.17) is 4.74 Å². The maximum absolute atomic E-state index is 5.35. The topological polar surface area (TPSA) is 50.8 Å². The fraction of sp³-hybridized carbons (Fsp3) is 0.111. The first-order valence-electron chi connectivity index (χ1n) is 7.31. The van der Waals surface area contributed by atoms with Gasteiger partial charge in [-0.2, -0.15) is 0 Å². The van der Waals surface area contributed by atoms with E-state index in [1.807, 2.05) is 49.4 Å². The molecule has 0 unspecified atom stereocenters. The van der Waals surface area contributed by atoms with E-state index in [1.54, 1.807) is 18.9 Å². The van der Waals surface area contributed by atoms with Gasteiger partial charge in [0, 0.05) is 16.0 Å². The van der Waals surface area contributed by atoms with Crippen molar-refractivity contribution in [3.8, 4) is 5.75 Å². The van der Waals surface area contributed by atoms with Crippen molar-refractivity contribution in [3.05, 3.63) is 54.2 Å². The number of pyridine rings is 1. The monoisotopic (exact) mass is 321 g/mol. The number of aromatic nitrogens is 3. The summed E-state index contributed by atoms with van der Waals surface area (Å²) in [5.74, 6) is 0.828. The highest BCUT2D eigenvalue weighted by molar-refractivity contribution is 7.99. The van der Waals surface area contributed by atoms with Gasteiger partial charge in [0.1, 0.15) is 5.75 Å². The van der Waals surface area contributed by atoms with Crippen LogP contribution in [0.5, 0.6) is 5.75 Å². The van der Waals surface area contributed by atoms with E-state index in [0.29, 0.717) is 0 Å². The number of rotatable bonds is 3. The van der Waals surface area contributed by atoms with Crippen molar-refractivity contribution < 1.29 is 4.74 Å². The molecule has 2 aromatic carbocycles. The van der Waals surface area contributed by atoms with Gasteiger partial charge >= 0.3 is 0 Å². The van der Waals surface area contributed by atoms with E-state index >= 15 is 0 Å². The van der Waals surface area contributed by atoms with Crippen LogP contribution in [0.2, 0.25) is 0 Å². The van der Waals surface area contributed by atoms with Crippen LogP contribution in [0.15, 0.2) is 58.6 Å². The van der Waals surface area contributed by atoms with Crippen LogP contribution < -0.4 is 4.74 Å². The number of benzene rings is 2. The van der Waals surface area contributed by atoms with Crippen LogP contribution >= 0.6 is 11.8 Å². The predicted octanol–water partition coefficient (Wildman–Crippen LogP) is 4.58. The van der Waals surface area contributed by atoms with E-state index in [0.717, 1.165) is 43.4 Å². The number of H-pyrrole nitrogens is 1. The lowest BCUT2D eigenvalue weighted by Crippen LogP contribution is -1.89. The third-order valence-electron chi connectivity index (χ3n) is 3.68. The molecule has 5 heteroatoms. The molecule has 0 amide bonds. The molecular weight excluding hydrogens is 306 g/mol. The Hall–Kier alpha value is -2.53. The average molecular weight is 321 g/mol. The third kappa shape index (κ3) is 2.64. The molecule has 2 heterocycles. The van der Waals surface area contributed by atoms with Crippen molar-refractivity contribution in [3.63, 3.8) is 0 Å². The molecule has 0 saturated heterocycles. The molecule has 0 saturated carbocycles. The van der Waals surface area contributed by atoms with Crippen LogP contribution in [0.4, 0.5) is 0 Å². The molecule has 0 aliphatic heterocycles. The molecule has 4 rings (SSSR count). The van der Waals surface area contributed by atoms with Gasteiger partial charge in [0.05, 0.1) is 23.7 Å². The van der Waals surface area contributed by atoms with Gasteiger partial charge in [-0.3, -0.25) is 4.98 Å². The van der Waals surface area contributed by atoms with Crippen LogP contribution in [0.3, 0.4) is 0 Å². The van der Waals surface area contributed by atoms with Crippen LogP contribution in [-0.4, -0.2) is 22.1 Å². The standard InChI is InChI=1S/C18H15N3OS/c1-11-9-17(13-10-12(22-2)7-8-14(13)19-11)23-18-20-15-5-3-4-6-16(15)21-18/h3-10H,1-2H3,(H,20,21). The zero-order chi connectivity index (χ0) is 15.8. The molecule has 4 nitrogen and oxygen atoms in total. The summed E-state index contributed by atoms with van der Waals surface area (Å²) in [4.78, 5) is 13.7. The van der Waals surface area contributed by atoms with Crippen LogP contribution in [0, 0.1) is 6.92 Å². The lowest BCUT2D eigenvalue weighted by Gasteiger charge is -2.08. The number of fused-ring (bicyclic) bond motifs is 2. The van der Waals surface area contributed by atoms with E-state index in [9.17, 15) is 0 Å².